The predicted octanol–water partition coefficient (Wildman–Crippen LogP) is 3.74. The third kappa shape index (κ3) is 6.20. The molecule has 2 atom stereocenters. The lowest BCUT2D eigenvalue weighted by molar-refractivity contribution is 0.321. The van der Waals surface area contributed by atoms with Gasteiger partial charge in [-0.3, -0.25) is 0 Å². The number of unbranched alkanes of at least 4 members (excludes halogenated alkanes) is 1. The first-order chi connectivity index (χ1) is 6.76. The monoisotopic (exact) mass is 197 g/mol. The van der Waals surface area contributed by atoms with Gasteiger partial charge in [-0.1, -0.05) is 52.2 Å². The van der Waals surface area contributed by atoms with Gasteiger partial charge < -0.3 is 5.73 Å². The van der Waals surface area contributed by atoms with E-state index in [1.165, 1.54) is 32.1 Å². The zero-order valence-corrected chi connectivity index (χ0v) is 10.1. The molecule has 0 amide bonds. The maximum Gasteiger partial charge on any atom is 0.0106 e. The van der Waals surface area contributed by atoms with Crippen LogP contribution in [0.3, 0.4) is 0 Å². The molecule has 0 heterocycles. The molecule has 0 spiro atoms. The fraction of sp³-hybridized carbons (Fsp3) is 0.846. The molecule has 0 aromatic rings. The molecule has 0 rings (SSSR count). The van der Waals surface area contributed by atoms with Crippen molar-refractivity contribution in [3.8, 4) is 0 Å². The predicted molar refractivity (Wildman–Crippen MR) is 65.3 cm³/mol. The summed E-state index contributed by atoms with van der Waals surface area (Å²) in [6.45, 7) is 7.61. The van der Waals surface area contributed by atoms with Crippen LogP contribution in [0.25, 0.3) is 0 Å². The van der Waals surface area contributed by atoms with Crippen molar-refractivity contribution in [1.82, 2.24) is 0 Å². The molecule has 0 radical (unpaired) electrons. The van der Waals surface area contributed by atoms with E-state index in [9.17, 15) is 0 Å². The van der Waals surface area contributed by atoms with Crippen LogP contribution in [0.5, 0.6) is 0 Å². The SMILES string of the molecule is CCCCC(C/C=C/CN)C(C)CC. The first kappa shape index (κ1) is 13.7. The van der Waals surface area contributed by atoms with Gasteiger partial charge in [0.15, 0.2) is 0 Å². The molecular weight excluding hydrogens is 170 g/mol. The summed E-state index contributed by atoms with van der Waals surface area (Å²) in [6, 6.07) is 0. The first-order valence-electron chi connectivity index (χ1n) is 6.11. The van der Waals surface area contributed by atoms with E-state index in [2.05, 4.69) is 32.9 Å². The highest BCUT2D eigenvalue weighted by Crippen LogP contribution is 2.24. The van der Waals surface area contributed by atoms with Crippen molar-refractivity contribution in [3.63, 3.8) is 0 Å². The fourth-order valence-electron chi connectivity index (χ4n) is 1.80. The Morgan fingerprint density at radius 2 is 1.93 bits per heavy atom. The van der Waals surface area contributed by atoms with E-state index in [1.807, 2.05) is 0 Å². The second kappa shape index (κ2) is 9.26. The molecule has 1 nitrogen and oxygen atoms in total. The normalized spacial score (nSPS) is 16.0. The van der Waals surface area contributed by atoms with E-state index >= 15 is 0 Å². The van der Waals surface area contributed by atoms with Crippen LogP contribution in [0, 0.1) is 11.8 Å². The van der Waals surface area contributed by atoms with Gasteiger partial charge in [-0.15, -0.1) is 0 Å². The van der Waals surface area contributed by atoms with Crippen LogP contribution in [0.2, 0.25) is 0 Å². The molecule has 0 saturated heterocycles. The summed E-state index contributed by atoms with van der Waals surface area (Å²) in [5, 5.41) is 0. The largest absolute Gasteiger partial charge is 0.327 e. The quantitative estimate of drug-likeness (QED) is 0.589. The highest BCUT2D eigenvalue weighted by atomic mass is 14.5. The minimum Gasteiger partial charge on any atom is -0.327 e. The lowest BCUT2D eigenvalue weighted by Gasteiger charge is -2.21. The molecule has 2 unspecified atom stereocenters. The molecule has 0 saturated carbocycles. The van der Waals surface area contributed by atoms with E-state index in [0.717, 1.165) is 11.8 Å². The minimum absolute atomic E-state index is 0.682. The van der Waals surface area contributed by atoms with Gasteiger partial charge in [-0.2, -0.15) is 0 Å². The number of hydrogen-bond donors (Lipinski definition) is 1. The molecule has 2 N–H and O–H groups in total. The zero-order valence-electron chi connectivity index (χ0n) is 10.1. The topological polar surface area (TPSA) is 26.0 Å². The van der Waals surface area contributed by atoms with Gasteiger partial charge in [0.1, 0.15) is 0 Å². The van der Waals surface area contributed by atoms with Gasteiger partial charge in [0.25, 0.3) is 0 Å². The smallest absolute Gasteiger partial charge is 0.0106 e. The minimum atomic E-state index is 0.682. The summed E-state index contributed by atoms with van der Waals surface area (Å²) in [7, 11) is 0. The van der Waals surface area contributed by atoms with Crippen LogP contribution in [0.1, 0.15) is 52.9 Å². The Labute approximate surface area is 89.8 Å². The van der Waals surface area contributed by atoms with Gasteiger partial charge in [0, 0.05) is 6.54 Å². The highest BCUT2D eigenvalue weighted by molar-refractivity contribution is 4.85. The van der Waals surface area contributed by atoms with E-state index in [0.29, 0.717) is 6.54 Å². The zero-order chi connectivity index (χ0) is 10.8. The fourth-order valence-corrected chi connectivity index (χ4v) is 1.80. The molecule has 0 aromatic heterocycles. The van der Waals surface area contributed by atoms with Gasteiger partial charge >= 0.3 is 0 Å². The van der Waals surface area contributed by atoms with Gasteiger partial charge in [0.05, 0.1) is 0 Å². The van der Waals surface area contributed by atoms with Crippen LogP contribution in [-0.2, 0) is 0 Å². The Morgan fingerprint density at radius 1 is 1.21 bits per heavy atom. The second-order valence-corrected chi connectivity index (χ2v) is 4.23. The lowest BCUT2D eigenvalue weighted by Crippen LogP contribution is -2.10. The Kier molecular flexibility index (Phi) is 9.06. The summed E-state index contributed by atoms with van der Waals surface area (Å²) in [4.78, 5) is 0. The molecule has 0 aliphatic rings. The molecule has 0 aromatic carbocycles. The maximum atomic E-state index is 5.44. The second-order valence-electron chi connectivity index (χ2n) is 4.23. The van der Waals surface area contributed by atoms with Gasteiger partial charge in [0.2, 0.25) is 0 Å². The van der Waals surface area contributed by atoms with Crippen molar-refractivity contribution >= 4 is 0 Å². The van der Waals surface area contributed by atoms with E-state index in [-0.39, 0.29) is 0 Å². The third-order valence-corrected chi connectivity index (χ3v) is 3.12. The van der Waals surface area contributed by atoms with Crippen molar-refractivity contribution in [1.29, 1.82) is 0 Å². The average molecular weight is 197 g/mol. The standard InChI is InChI=1S/C13H27N/c1-4-6-9-13(12(3)5-2)10-7-8-11-14/h7-8,12-13H,4-6,9-11,14H2,1-3H3/b8-7+. The molecule has 84 valence electrons. The van der Waals surface area contributed by atoms with Gasteiger partial charge in [-0.05, 0) is 24.7 Å². The molecule has 0 aliphatic carbocycles. The van der Waals surface area contributed by atoms with Crippen LogP contribution in [0.4, 0.5) is 0 Å². The third-order valence-electron chi connectivity index (χ3n) is 3.12. The first-order valence-corrected chi connectivity index (χ1v) is 6.11. The summed E-state index contributed by atoms with van der Waals surface area (Å²) in [5.41, 5.74) is 5.44. The Bertz CT molecular complexity index is 140. The van der Waals surface area contributed by atoms with Crippen LogP contribution in [0.15, 0.2) is 12.2 Å². The number of allylic oxidation sites excluding steroid dienone is 1. The summed E-state index contributed by atoms with van der Waals surface area (Å²) in [5.74, 6) is 1.71. The molecule has 0 fully saturated rings. The highest BCUT2D eigenvalue weighted by Gasteiger charge is 2.13. The number of rotatable bonds is 8. The molecule has 0 bridgehead atoms. The molecule has 1 heteroatoms. The maximum absolute atomic E-state index is 5.44. The number of hydrogen-bond acceptors (Lipinski definition) is 1. The lowest BCUT2D eigenvalue weighted by atomic mass is 9.85. The van der Waals surface area contributed by atoms with Crippen LogP contribution >= 0.6 is 0 Å². The van der Waals surface area contributed by atoms with Crippen LogP contribution < -0.4 is 5.73 Å². The Balaban J connectivity index is 3.89. The van der Waals surface area contributed by atoms with E-state index in [4.69, 9.17) is 5.73 Å². The van der Waals surface area contributed by atoms with Crippen molar-refractivity contribution in [2.45, 2.75) is 52.9 Å². The van der Waals surface area contributed by atoms with Gasteiger partial charge in [-0.25, -0.2) is 0 Å². The van der Waals surface area contributed by atoms with Crippen molar-refractivity contribution in [3.05, 3.63) is 12.2 Å². The molecule has 14 heavy (non-hydrogen) atoms. The van der Waals surface area contributed by atoms with E-state index < -0.39 is 0 Å². The van der Waals surface area contributed by atoms with Crippen LogP contribution in [-0.4, -0.2) is 6.54 Å². The summed E-state index contributed by atoms with van der Waals surface area (Å²) >= 11 is 0. The molecular formula is C13H27N. The van der Waals surface area contributed by atoms with E-state index in [1.54, 1.807) is 0 Å². The average Bonchev–Trinajstić information content (AvgIpc) is 2.22. The van der Waals surface area contributed by atoms with Crippen molar-refractivity contribution < 1.29 is 0 Å². The Morgan fingerprint density at radius 3 is 2.43 bits per heavy atom. The van der Waals surface area contributed by atoms with Crippen molar-refractivity contribution in [2.75, 3.05) is 6.54 Å². The summed E-state index contributed by atoms with van der Waals surface area (Å²) in [6.07, 6.45) is 10.9. The molecule has 0 aliphatic heterocycles. The Hall–Kier alpha value is -0.300. The number of nitrogens with two attached hydrogens (primary N) is 1. The van der Waals surface area contributed by atoms with Crippen molar-refractivity contribution in [2.24, 2.45) is 17.6 Å². The summed E-state index contributed by atoms with van der Waals surface area (Å²) < 4.78 is 0.